The number of thiazole rings is 1. The number of benzene rings is 1. The van der Waals surface area contributed by atoms with Crippen LogP contribution in [0, 0.1) is 11.7 Å². The lowest BCUT2D eigenvalue weighted by Gasteiger charge is -2.35. The summed E-state index contributed by atoms with van der Waals surface area (Å²) in [6.07, 6.45) is 4.09. The summed E-state index contributed by atoms with van der Waals surface area (Å²) in [5.74, 6) is -1.37. The van der Waals surface area contributed by atoms with Crippen LogP contribution in [0.2, 0.25) is 5.02 Å². The van der Waals surface area contributed by atoms with E-state index in [9.17, 15) is 22.4 Å². The predicted molar refractivity (Wildman–Crippen MR) is 154 cm³/mol. The maximum Gasteiger partial charge on any atom is 0.338 e. The summed E-state index contributed by atoms with van der Waals surface area (Å²) in [7, 11) is -2.30. The van der Waals surface area contributed by atoms with E-state index in [1.54, 1.807) is 13.1 Å². The number of nitrogens with zero attached hydrogens (tertiary/aromatic N) is 2. The van der Waals surface area contributed by atoms with Gasteiger partial charge < -0.3 is 14.8 Å². The summed E-state index contributed by atoms with van der Waals surface area (Å²) in [5, 5.41) is 5.85. The number of amidine groups is 1. The van der Waals surface area contributed by atoms with Crippen LogP contribution in [0.3, 0.4) is 0 Å². The number of aliphatic imine (C=N–C) groups is 1. The minimum absolute atomic E-state index is 0.0415. The Kier molecular flexibility index (Phi) is 10.5. The Bertz CT molecular complexity index is 1420. The number of aromatic nitrogens is 1. The average molecular weight is 627 g/mol. The number of sulfonamides is 1. The Morgan fingerprint density at radius 1 is 1.24 bits per heavy atom. The van der Waals surface area contributed by atoms with Gasteiger partial charge in [0.2, 0.25) is 10.0 Å². The van der Waals surface area contributed by atoms with E-state index in [0.717, 1.165) is 0 Å². The van der Waals surface area contributed by atoms with Gasteiger partial charge in [0.15, 0.2) is 10.8 Å². The summed E-state index contributed by atoms with van der Waals surface area (Å²) >= 11 is 7.80. The molecule has 10 nitrogen and oxygen atoms in total. The second-order valence-electron chi connectivity index (χ2n) is 9.72. The molecule has 41 heavy (non-hydrogen) atoms. The number of carbonyl (C=O) groups is 2. The van der Waals surface area contributed by atoms with Crippen LogP contribution in [0.5, 0.6) is 0 Å². The molecule has 0 radical (unpaired) electrons. The maximum absolute atomic E-state index is 13.9. The van der Waals surface area contributed by atoms with Crippen molar-refractivity contribution in [2.24, 2.45) is 10.9 Å². The largest absolute Gasteiger partial charge is 0.466 e. The summed E-state index contributed by atoms with van der Waals surface area (Å²) in [5.41, 5.74) is 1.33. The molecule has 4 rings (SSSR count). The first kappa shape index (κ1) is 31.1. The van der Waals surface area contributed by atoms with Gasteiger partial charge in [-0.25, -0.2) is 27.3 Å². The van der Waals surface area contributed by atoms with Crippen molar-refractivity contribution in [3.8, 4) is 0 Å². The minimum atomic E-state index is -3.58. The molecule has 1 aromatic heterocycles. The van der Waals surface area contributed by atoms with Gasteiger partial charge >= 0.3 is 11.9 Å². The van der Waals surface area contributed by atoms with Gasteiger partial charge in [-0.2, -0.15) is 0 Å². The lowest BCUT2D eigenvalue weighted by atomic mass is 9.80. The molecule has 1 aliphatic carbocycles. The molecule has 1 atom stereocenters. The highest BCUT2D eigenvalue weighted by Crippen LogP contribution is 2.41. The fraction of sp³-hybridized carbons (Fsp3) is 0.481. The number of methoxy groups -OCH3 is 1. The number of rotatable bonds is 11. The molecule has 2 heterocycles. The molecule has 1 aliphatic heterocycles. The highest BCUT2D eigenvalue weighted by molar-refractivity contribution is 7.89. The molecule has 0 saturated heterocycles. The molecule has 1 fully saturated rings. The molecule has 222 valence electrons. The number of esters is 2. The molecule has 14 heteroatoms. The predicted octanol–water partition coefficient (Wildman–Crippen LogP) is 4.28. The summed E-state index contributed by atoms with van der Waals surface area (Å²) in [6, 6.07) is 2.81. The Labute approximate surface area is 247 Å². The van der Waals surface area contributed by atoms with E-state index < -0.39 is 33.8 Å². The topological polar surface area (TPSA) is 136 Å². The van der Waals surface area contributed by atoms with Gasteiger partial charge in [-0.1, -0.05) is 17.7 Å². The van der Waals surface area contributed by atoms with Crippen molar-refractivity contribution in [2.45, 2.75) is 57.5 Å². The first-order chi connectivity index (χ1) is 19.6. The smallest absolute Gasteiger partial charge is 0.338 e. The van der Waals surface area contributed by atoms with E-state index in [0.29, 0.717) is 47.8 Å². The van der Waals surface area contributed by atoms with Crippen molar-refractivity contribution < 1.29 is 31.9 Å². The first-order valence-electron chi connectivity index (χ1n) is 13.3. The van der Waals surface area contributed by atoms with Crippen LogP contribution in [0.4, 0.5) is 4.39 Å². The van der Waals surface area contributed by atoms with Gasteiger partial charge in [-0.3, -0.25) is 9.79 Å². The van der Waals surface area contributed by atoms with Gasteiger partial charge in [0.25, 0.3) is 0 Å². The highest BCUT2D eigenvalue weighted by Gasteiger charge is 2.38. The minimum Gasteiger partial charge on any atom is -0.466 e. The van der Waals surface area contributed by atoms with E-state index in [2.05, 4.69) is 15.0 Å². The van der Waals surface area contributed by atoms with Crippen molar-refractivity contribution in [2.75, 3.05) is 19.5 Å². The van der Waals surface area contributed by atoms with E-state index in [-0.39, 0.29) is 47.8 Å². The maximum atomic E-state index is 13.9. The molecule has 0 amide bonds. The van der Waals surface area contributed by atoms with Crippen molar-refractivity contribution in [3.63, 3.8) is 0 Å². The molecule has 1 unspecified atom stereocenters. The normalized spacial score (nSPS) is 21.2. The van der Waals surface area contributed by atoms with Crippen LogP contribution in [0.15, 0.2) is 46.0 Å². The molecular formula is C27H32ClFN4O6S2. The van der Waals surface area contributed by atoms with Gasteiger partial charge in [-0.05, 0) is 57.1 Å². The van der Waals surface area contributed by atoms with E-state index in [1.807, 2.05) is 5.38 Å². The van der Waals surface area contributed by atoms with Gasteiger partial charge in [0.05, 0.1) is 25.0 Å². The second-order valence-corrected chi connectivity index (χ2v) is 12.9. The van der Waals surface area contributed by atoms with Crippen LogP contribution in [-0.2, 0) is 29.1 Å². The fourth-order valence-corrected chi connectivity index (χ4v) is 7.32. The van der Waals surface area contributed by atoms with Crippen molar-refractivity contribution in [3.05, 3.63) is 62.5 Å². The van der Waals surface area contributed by atoms with Crippen LogP contribution >= 0.6 is 22.9 Å². The summed E-state index contributed by atoms with van der Waals surface area (Å²) in [6.45, 7) is 1.95. The molecule has 2 N–H and O–H groups in total. The molecule has 1 saturated carbocycles. The van der Waals surface area contributed by atoms with Crippen LogP contribution in [0.1, 0.15) is 62.1 Å². The number of nitrogens with one attached hydrogen (secondary N) is 2. The Morgan fingerprint density at radius 2 is 2.00 bits per heavy atom. The zero-order valence-corrected chi connectivity index (χ0v) is 25.1. The zero-order valence-electron chi connectivity index (χ0n) is 22.7. The van der Waals surface area contributed by atoms with Crippen LogP contribution in [-0.4, -0.2) is 56.7 Å². The second kappa shape index (κ2) is 13.9. The number of hydrogen-bond acceptors (Lipinski definition) is 10. The summed E-state index contributed by atoms with van der Waals surface area (Å²) < 4.78 is 51.9. The van der Waals surface area contributed by atoms with Crippen molar-refractivity contribution >= 4 is 50.7 Å². The third-order valence-electron chi connectivity index (χ3n) is 6.95. The molecule has 2 aliphatic rings. The third kappa shape index (κ3) is 7.91. The van der Waals surface area contributed by atoms with E-state index in [1.165, 1.54) is 36.6 Å². The Hall–Kier alpha value is -2.87. The van der Waals surface area contributed by atoms with E-state index in [4.69, 9.17) is 26.1 Å². The van der Waals surface area contributed by atoms with Crippen LogP contribution < -0.4 is 10.0 Å². The average Bonchev–Trinajstić information content (AvgIpc) is 3.47. The lowest BCUT2D eigenvalue weighted by molar-refractivity contribution is -0.143. The van der Waals surface area contributed by atoms with E-state index >= 15 is 0 Å². The quantitative estimate of drug-likeness (QED) is 0.353. The fourth-order valence-electron chi connectivity index (χ4n) is 5.07. The molecule has 2 aromatic rings. The standard InChI is InChI=1S/C27H32ClFN4O6S2/c1-3-39-21(34)5-4-14-41(36,37)33-18-9-6-16(7-10-18)23-22(27(35)38-2)24(19-11-8-17(29)15-20(19)28)32-25(31-23)26-30-12-13-40-26/h8,11-13,15-16,18,24,33H,3-7,9-10,14H2,1-2H3,(H,31,32). The van der Waals surface area contributed by atoms with Gasteiger partial charge in [-0.15, -0.1) is 11.3 Å². The van der Waals surface area contributed by atoms with Crippen molar-refractivity contribution in [1.82, 2.24) is 15.0 Å². The number of allylic oxidation sites excluding steroid dienone is 1. The first-order valence-corrected chi connectivity index (χ1v) is 16.2. The third-order valence-corrected chi connectivity index (χ3v) is 9.58. The number of hydrogen-bond donors (Lipinski definition) is 2. The molecular weight excluding hydrogens is 595 g/mol. The Balaban J connectivity index is 1.55. The highest BCUT2D eigenvalue weighted by atomic mass is 35.5. The number of carbonyl (C=O) groups excluding carboxylic acids is 2. The lowest BCUT2D eigenvalue weighted by Crippen LogP contribution is -2.42. The van der Waals surface area contributed by atoms with Gasteiger partial charge in [0, 0.05) is 40.3 Å². The Morgan fingerprint density at radius 3 is 2.63 bits per heavy atom. The monoisotopic (exact) mass is 626 g/mol. The van der Waals surface area contributed by atoms with Crippen LogP contribution in [0.25, 0.3) is 0 Å². The number of halogens is 2. The molecule has 0 bridgehead atoms. The SMILES string of the molecule is CCOC(=O)CCCS(=O)(=O)NC1CCC(C2=C(C(=O)OC)C(c3ccc(F)cc3Cl)N=C(c3nccs3)N2)CC1. The summed E-state index contributed by atoms with van der Waals surface area (Å²) in [4.78, 5) is 33.8. The van der Waals surface area contributed by atoms with Gasteiger partial charge in [0.1, 0.15) is 11.9 Å². The molecule has 0 spiro atoms. The zero-order chi connectivity index (χ0) is 29.6. The number of ether oxygens (including phenoxy) is 2. The molecule has 1 aromatic carbocycles. The van der Waals surface area contributed by atoms with Crippen molar-refractivity contribution in [1.29, 1.82) is 0 Å².